The third kappa shape index (κ3) is 9.74. The van der Waals surface area contributed by atoms with Crippen molar-refractivity contribution in [3.05, 3.63) is 70.8 Å². The Morgan fingerprint density at radius 1 is 0.974 bits per heavy atom. The molecule has 9 heteroatoms. The molecule has 0 fully saturated rings. The maximum Gasteiger partial charge on any atom is 0.408 e. The lowest BCUT2D eigenvalue weighted by Crippen LogP contribution is -2.53. The number of alkyl carbamates (subject to hydrolysis) is 1. The van der Waals surface area contributed by atoms with Crippen LogP contribution in [-0.2, 0) is 25.7 Å². The topological polar surface area (TPSA) is 131 Å². The molecule has 9 nitrogen and oxygen atoms in total. The zero-order valence-electron chi connectivity index (χ0n) is 23.9. The number of nitrogens with zero attached hydrogens (tertiary/aromatic N) is 1. The fraction of sp³-hybridized carbons (Fsp3) is 0.467. The number of amides is 4. The number of rotatable bonds is 12. The molecule has 2 unspecified atom stereocenters. The lowest BCUT2D eigenvalue weighted by molar-refractivity contribution is -0.142. The van der Waals surface area contributed by atoms with E-state index in [2.05, 4.69) is 10.6 Å². The van der Waals surface area contributed by atoms with Crippen LogP contribution in [0.4, 0.5) is 4.79 Å². The van der Waals surface area contributed by atoms with E-state index in [4.69, 9.17) is 10.5 Å². The van der Waals surface area contributed by atoms with Gasteiger partial charge in [-0.05, 0) is 69.7 Å². The van der Waals surface area contributed by atoms with E-state index >= 15 is 0 Å². The van der Waals surface area contributed by atoms with Crippen LogP contribution in [-0.4, -0.2) is 46.9 Å². The molecule has 0 spiro atoms. The Bertz CT molecular complexity index is 1120. The van der Waals surface area contributed by atoms with E-state index in [0.717, 1.165) is 22.3 Å². The number of benzene rings is 2. The van der Waals surface area contributed by atoms with Gasteiger partial charge in [-0.1, -0.05) is 55.5 Å². The van der Waals surface area contributed by atoms with Crippen LogP contribution < -0.4 is 16.4 Å². The van der Waals surface area contributed by atoms with Gasteiger partial charge in [0.2, 0.25) is 17.7 Å². The first-order chi connectivity index (χ1) is 18.3. The zero-order chi connectivity index (χ0) is 29.2. The first-order valence-electron chi connectivity index (χ1n) is 13.3. The van der Waals surface area contributed by atoms with Crippen molar-refractivity contribution in [1.82, 2.24) is 15.5 Å². The van der Waals surface area contributed by atoms with Crippen LogP contribution >= 0.6 is 0 Å². The third-order valence-electron chi connectivity index (χ3n) is 6.10. The molecule has 2 atom stereocenters. The van der Waals surface area contributed by atoms with E-state index in [9.17, 15) is 19.2 Å². The molecule has 0 aromatic heterocycles. The number of carbonyl (C=O) groups is 4. The smallest absolute Gasteiger partial charge is 0.408 e. The molecule has 4 amide bonds. The van der Waals surface area contributed by atoms with Crippen LogP contribution in [0.15, 0.2) is 48.5 Å². The van der Waals surface area contributed by atoms with Crippen molar-refractivity contribution >= 4 is 23.8 Å². The number of primary amides is 1. The molecule has 0 saturated carbocycles. The first kappa shape index (κ1) is 31.3. The third-order valence-corrected chi connectivity index (χ3v) is 6.10. The van der Waals surface area contributed by atoms with Gasteiger partial charge in [-0.3, -0.25) is 14.4 Å². The molecule has 0 bridgehead atoms. The van der Waals surface area contributed by atoms with Crippen LogP contribution in [0.25, 0.3) is 0 Å². The number of hydrogen-bond acceptors (Lipinski definition) is 5. The molecule has 2 aromatic rings. The van der Waals surface area contributed by atoms with Gasteiger partial charge in [0.25, 0.3) is 0 Å². The number of hydrogen-bond donors (Lipinski definition) is 3. The number of nitrogens with two attached hydrogens (primary N) is 1. The number of nitrogens with one attached hydrogen (secondary N) is 2. The molecule has 0 saturated heterocycles. The Morgan fingerprint density at radius 2 is 1.59 bits per heavy atom. The highest BCUT2D eigenvalue weighted by atomic mass is 16.6. The maximum absolute atomic E-state index is 14.1. The number of aryl methyl sites for hydroxylation is 2. The van der Waals surface area contributed by atoms with Crippen molar-refractivity contribution < 1.29 is 23.9 Å². The van der Waals surface area contributed by atoms with Gasteiger partial charge < -0.3 is 26.0 Å². The highest BCUT2D eigenvalue weighted by Crippen LogP contribution is 2.29. The minimum Gasteiger partial charge on any atom is -0.444 e. The molecule has 2 aromatic carbocycles. The van der Waals surface area contributed by atoms with Crippen LogP contribution in [0.5, 0.6) is 0 Å². The molecular weight excluding hydrogens is 496 g/mol. The highest BCUT2D eigenvalue weighted by molar-refractivity contribution is 5.93. The van der Waals surface area contributed by atoms with Crippen molar-refractivity contribution in [1.29, 1.82) is 0 Å². The lowest BCUT2D eigenvalue weighted by Gasteiger charge is -2.35. The summed E-state index contributed by atoms with van der Waals surface area (Å²) in [5.41, 5.74) is 7.94. The van der Waals surface area contributed by atoms with Crippen molar-refractivity contribution in [2.24, 2.45) is 5.73 Å². The monoisotopic (exact) mass is 538 g/mol. The second-order valence-corrected chi connectivity index (χ2v) is 10.6. The van der Waals surface area contributed by atoms with Crippen molar-refractivity contribution in [3.8, 4) is 0 Å². The van der Waals surface area contributed by atoms with Gasteiger partial charge in [-0.2, -0.15) is 0 Å². The molecule has 212 valence electrons. The van der Waals surface area contributed by atoms with Gasteiger partial charge in [-0.15, -0.1) is 0 Å². The van der Waals surface area contributed by atoms with Crippen LogP contribution in [0.1, 0.15) is 75.3 Å². The molecule has 4 N–H and O–H groups in total. The highest BCUT2D eigenvalue weighted by Gasteiger charge is 2.37. The Labute approximate surface area is 231 Å². The molecular formula is C30H42N4O5. The van der Waals surface area contributed by atoms with E-state index in [0.29, 0.717) is 6.42 Å². The Balaban J connectivity index is 2.50. The van der Waals surface area contributed by atoms with Gasteiger partial charge in [0.15, 0.2) is 0 Å². The van der Waals surface area contributed by atoms with E-state index in [1.54, 1.807) is 20.8 Å². The van der Waals surface area contributed by atoms with Crippen LogP contribution in [0.3, 0.4) is 0 Å². The van der Waals surface area contributed by atoms with Crippen molar-refractivity contribution in [2.45, 2.75) is 85.0 Å². The largest absolute Gasteiger partial charge is 0.444 e. The predicted molar refractivity (Wildman–Crippen MR) is 151 cm³/mol. The summed E-state index contributed by atoms with van der Waals surface area (Å²) in [7, 11) is 0. The molecule has 0 aliphatic carbocycles. The first-order valence-corrected chi connectivity index (χ1v) is 13.3. The minimum absolute atomic E-state index is 0.0290. The second-order valence-electron chi connectivity index (χ2n) is 10.6. The van der Waals surface area contributed by atoms with Gasteiger partial charge in [0.05, 0.1) is 0 Å². The molecule has 0 heterocycles. The summed E-state index contributed by atoms with van der Waals surface area (Å²) < 4.78 is 5.37. The average molecular weight is 539 g/mol. The van der Waals surface area contributed by atoms with Gasteiger partial charge >= 0.3 is 6.09 Å². The summed E-state index contributed by atoms with van der Waals surface area (Å²) in [6.07, 6.45) is -0.383. The minimum atomic E-state index is -1.12. The molecule has 0 aliphatic heterocycles. The van der Waals surface area contributed by atoms with E-state index in [1.807, 2.05) is 69.3 Å². The van der Waals surface area contributed by atoms with Crippen molar-refractivity contribution in [3.63, 3.8) is 0 Å². The summed E-state index contributed by atoms with van der Waals surface area (Å²) >= 11 is 0. The summed E-state index contributed by atoms with van der Waals surface area (Å²) in [4.78, 5) is 53.7. The average Bonchev–Trinajstić information content (AvgIpc) is 2.85. The SMILES string of the molecule is CCCN(C(=O)C(CCC(N)=O)NC(=O)OC(C)(C)C)C(C(=O)NCc1ccccc1)c1c(C)cccc1C. The van der Waals surface area contributed by atoms with Crippen LogP contribution in [0, 0.1) is 13.8 Å². The summed E-state index contributed by atoms with van der Waals surface area (Å²) in [5.74, 6) is -1.44. The van der Waals surface area contributed by atoms with E-state index < -0.39 is 35.6 Å². The zero-order valence-corrected chi connectivity index (χ0v) is 23.9. The Kier molecular flexibility index (Phi) is 11.5. The lowest BCUT2D eigenvalue weighted by atomic mass is 9.93. The summed E-state index contributed by atoms with van der Waals surface area (Å²) in [6.45, 7) is 11.4. The predicted octanol–water partition coefficient (Wildman–Crippen LogP) is 4.06. The number of ether oxygens (including phenoxy) is 1. The van der Waals surface area contributed by atoms with Gasteiger partial charge in [0, 0.05) is 19.5 Å². The Hall–Kier alpha value is -3.88. The van der Waals surface area contributed by atoms with E-state index in [1.165, 1.54) is 4.90 Å². The standard InChI is InChI=1S/C30H42N4O5/c1-7-18-34(28(37)23(16-17-24(31)35)33-29(38)39-30(4,5)6)26(25-20(2)12-11-13-21(25)3)27(36)32-19-22-14-9-8-10-15-22/h8-15,23,26H,7,16-19H2,1-6H3,(H2,31,35)(H,32,36)(H,33,38). The van der Waals surface area contributed by atoms with Gasteiger partial charge in [0.1, 0.15) is 17.7 Å². The fourth-order valence-corrected chi connectivity index (χ4v) is 4.37. The van der Waals surface area contributed by atoms with Crippen LogP contribution in [0.2, 0.25) is 0 Å². The quantitative estimate of drug-likeness (QED) is 0.375. The fourth-order valence-electron chi connectivity index (χ4n) is 4.37. The Morgan fingerprint density at radius 3 is 2.13 bits per heavy atom. The summed E-state index contributed by atoms with van der Waals surface area (Å²) in [6, 6.07) is 13.1. The van der Waals surface area contributed by atoms with Gasteiger partial charge in [-0.25, -0.2) is 4.79 Å². The molecule has 2 rings (SSSR count). The number of carbonyl (C=O) groups excluding carboxylic acids is 4. The normalized spacial score (nSPS) is 12.7. The molecule has 0 radical (unpaired) electrons. The molecule has 39 heavy (non-hydrogen) atoms. The van der Waals surface area contributed by atoms with Crippen molar-refractivity contribution in [2.75, 3.05) is 6.54 Å². The molecule has 0 aliphatic rings. The van der Waals surface area contributed by atoms with E-state index in [-0.39, 0.29) is 31.8 Å². The summed E-state index contributed by atoms with van der Waals surface area (Å²) in [5, 5.41) is 5.60. The second kappa shape index (κ2) is 14.3. The maximum atomic E-state index is 14.1.